The molecule has 0 aromatic carbocycles. The molecule has 1 saturated carbocycles. The Labute approximate surface area is 96.3 Å². The van der Waals surface area contributed by atoms with Crippen LogP contribution in [0, 0.1) is 17.2 Å². The number of rotatable bonds is 5. The lowest BCUT2D eigenvalue weighted by atomic mass is 10.1. The topological polar surface area (TPSA) is 54.5 Å². The van der Waals surface area contributed by atoms with Crippen LogP contribution in [-0.4, -0.2) is 15.0 Å². The van der Waals surface area contributed by atoms with Crippen molar-refractivity contribution in [1.82, 2.24) is 15.0 Å². The number of nitriles is 1. The van der Waals surface area contributed by atoms with Crippen LogP contribution in [0.5, 0.6) is 0 Å². The van der Waals surface area contributed by atoms with Gasteiger partial charge in [-0.25, -0.2) is 4.68 Å². The van der Waals surface area contributed by atoms with E-state index in [2.05, 4.69) is 30.2 Å². The maximum Gasteiger partial charge on any atom is 0.0999 e. The van der Waals surface area contributed by atoms with Crippen molar-refractivity contribution in [1.29, 1.82) is 5.26 Å². The molecule has 0 amide bonds. The average Bonchev–Trinajstić information content (AvgIpc) is 3.05. The predicted molar refractivity (Wildman–Crippen MR) is 60.8 cm³/mol. The predicted octanol–water partition coefficient (Wildman–Crippen LogP) is 2.27. The monoisotopic (exact) mass is 218 g/mol. The van der Waals surface area contributed by atoms with Crippen LogP contribution in [0.25, 0.3) is 0 Å². The van der Waals surface area contributed by atoms with E-state index in [0.29, 0.717) is 12.5 Å². The standard InChI is InChI=1S/C12H18N4/c1-3-4-12-11(7-8-13)14-15-16(12)9(2)10-5-6-10/h9-10H,3-7H2,1-2H3. The molecule has 0 N–H and O–H groups in total. The van der Waals surface area contributed by atoms with Crippen molar-refractivity contribution in [3.63, 3.8) is 0 Å². The second kappa shape index (κ2) is 4.65. The van der Waals surface area contributed by atoms with Gasteiger partial charge < -0.3 is 0 Å². The van der Waals surface area contributed by atoms with Gasteiger partial charge in [-0.1, -0.05) is 18.6 Å². The van der Waals surface area contributed by atoms with Gasteiger partial charge in [-0.15, -0.1) is 5.10 Å². The summed E-state index contributed by atoms with van der Waals surface area (Å²) in [7, 11) is 0. The minimum Gasteiger partial charge on any atom is -0.246 e. The Kier molecular flexibility index (Phi) is 3.23. The van der Waals surface area contributed by atoms with Crippen molar-refractivity contribution in [3.05, 3.63) is 11.4 Å². The molecule has 4 heteroatoms. The summed E-state index contributed by atoms with van der Waals surface area (Å²) in [4.78, 5) is 0. The fourth-order valence-corrected chi connectivity index (χ4v) is 2.16. The van der Waals surface area contributed by atoms with Gasteiger partial charge in [0, 0.05) is 0 Å². The Morgan fingerprint density at radius 3 is 2.88 bits per heavy atom. The molecule has 0 radical (unpaired) electrons. The van der Waals surface area contributed by atoms with Crippen LogP contribution in [0.1, 0.15) is 50.5 Å². The smallest absolute Gasteiger partial charge is 0.0999 e. The molecule has 0 saturated heterocycles. The van der Waals surface area contributed by atoms with E-state index in [1.165, 1.54) is 18.5 Å². The maximum atomic E-state index is 8.75. The first kappa shape index (κ1) is 11.1. The fourth-order valence-electron chi connectivity index (χ4n) is 2.16. The van der Waals surface area contributed by atoms with Crippen molar-refractivity contribution in [2.75, 3.05) is 0 Å². The van der Waals surface area contributed by atoms with Crippen LogP contribution in [-0.2, 0) is 12.8 Å². The van der Waals surface area contributed by atoms with E-state index in [0.717, 1.165) is 24.5 Å². The fraction of sp³-hybridized carbons (Fsp3) is 0.750. The van der Waals surface area contributed by atoms with Crippen LogP contribution >= 0.6 is 0 Å². The van der Waals surface area contributed by atoms with E-state index in [4.69, 9.17) is 5.26 Å². The summed E-state index contributed by atoms with van der Waals surface area (Å²) in [5.41, 5.74) is 2.04. The second-order valence-corrected chi connectivity index (χ2v) is 4.59. The molecule has 16 heavy (non-hydrogen) atoms. The lowest BCUT2D eigenvalue weighted by Crippen LogP contribution is -2.13. The van der Waals surface area contributed by atoms with Gasteiger partial charge >= 0.3 is 0 Å². The van der Waals surface area contributed by atoms with Gasteiger partial charge in [-0.2, -0.15) is 5.26 Å². The molecule has 1 aromatic heterocycles. The van der Waals surface area contributed by atoms with E-state index in [-0.39, 0.29) is 0 Å². The molecule has 1 aliphatic rings. The molecular weight excluding hydrogens is 200 g/mol. The molecule has 1 aromatic rings. The summed E-state index contributed by atoms with van der Waals surface area (Å²) in [6, 6.07) is 2.61. The van der Waals surface area contributed by atoms with E-state index in [1.54, 1.807) is 0 Å². The van der Waals surface area contributed by atoms with Gasteiger partial charge in [-0.3, -0.25) is 0 Å². The van der Waals surface area contributed by atoms with Crippen LogP contribution in [0.2, 0.25) is 0 Å². The molecule has 1 aliphatic carbocycles. The van der Waals surface area contributed by atoms with E-state index in [1.807, 2.05) is 4.68 Å². The van der Waals surface area contributed by atoms with Gasteiger partial charge in [-0.05, 0) is 32.1 Å². The molecule has 86 valence electrons. The van der Waals surface area contributed by atoms with Gasteiger partial charge in [0.1, 0.15) is 0 Å². The van der Waals surface area contributed by atoms with Crippen LogP contribution in [0.15, 0.2) is 0 Å². The Bertz CT molecular complexity index is 398. The SMILES string of the molecule is CCCc1c(CC#N)nnn1C(C)C1CC1. The van der Waals surface area contributed by atoms with Crippen molar-refractivity contribution in [2.24, 2.45) is 5.92 Å². The molecule has 1 fully saturated rings. The van der Waals surface area contributed by atoms with Crippen LogP contribution in [0.3, 0.4) is 0 Å². The molecule has 0 spiro atoms. The van der Waals surface area contributed by atoms with Crippen molar-refractivity contribution >= 4 is 0 Å². The molecule has 1 unspecified atom stereocenters. The summed E-state index contributed by atoms with van der Waals surface area (Å²) < 4.78 is 2.05. The van der Waals surface area contributed by atoms with Crippen LogP contribution in [0.4, 0.5) is 0 Å². The van der Waals surface area contributed by atoms with Crippen molar-refractivity contribution < 1.29 is 0 Å². The summed E-state index contributed by atoms with van der Waals surface area (Å²) in [5.74, 6) is 0.771. The highest BCUT2D eigenvalue weighted by Crippen LogP contribution is 2.39. The van der Waals surface area contributed by atoms with Crippen LogP contribution < -0.4 is 0 Å². The summed E-state index contributed by atoms with van der Waals surface area (Å²) in [6.07, 6.45) is 5.04. The Morgan fingerprint density at radius 2 is 2.31 bits per heavy atom. The number of hydrogen-bond donors (Lipinski definition) is 0. The minimum absolute atomic E-state index is 0.382. The highest BCUT2D eigenvalue weighted by atomic mass is 15.4. The maximum absolute atomic E-state index is 8.75. The van der Waals surface area contributed by atoms with Gasteiger partial charge in [0.15, 0.2) is 0 Å². The number of nitrogens with zero attached hydrogens (tertiary/aromatic N) is 4. The van der Waals surface area contributed by atoms with Crippen molar-refractivity contribution in [3.8, 4) is 6.07 Å². The van der Waals surface area contributed by atoms with Crippen molar-refractivity contribution in [2.45, 2.75) is 52.0 Å². The highest BCUT2D eigenvalue weighted by Gasteiger charge is 2.31. The second-order valence-electron chi connectivity index (χ2n) is 4.59. The lowest BCUT2D eigenvalue weighted by Gasteiger charge is -2.13. The lowest BCUT2D eigenvalue weighted by molar-refractivity contribution is 0.414. The summed E-state index contributed by atoms with van der Waals surface area (Å²) >= 11 is 0. The minimum atomic E-state index is 0.382. The quantitative estimate of drug-likeness (QED) is 0.761. The molecular formula is C12H18N4. The third-order valence-electron chi connectivity index (χ3n) is 3.29. The molecule has 0 bridgehead atoms. The average molecular weight is 218 g/mol. The van der Waals surface area contributed by atoms with E-state index < -0.39 is 0 Å². The molecule has 0 aliphatic heterocycles. The van der Waals surface area contributed by atoms with E-state index in [9.17, 15) is 0 Å². The number of hydrogen-bond acceptors (Lipinski definition) is 3. The first-order valence-electron chi connectivity index (χ1n) is 6.07. The molecule has 1 heterocycles. The highest BCUT2D eigenvalue weighted by molar-refractivity contribution is 5.15. The third kappa shape index (κ3) is 2.08. The zero-order chi connectivity index (χ0) is 11.5. The molecule has 4 nitrogen and oxygen atoms in total. The Morgan fingerprint density at radius 1 is 1.56 bits per heavy atom. The zero-order valence-electron chi connectivity index (χ0n) is 9.98. The van der Waals surface area contributed by atoms with E-state index >= 15 is 0 Å². The Balaban J connectivity index is 2.25. The normalized spacial score (nSPS) is 17.1. The molecule has 1 atom stereocenters. The van der Waals surface area contributed by atoms with Gasteiger partial charge in [0.2, 0.25) is 0 Å². The first-order valence-corrected chi connectivity index (χ1v) is 6.07. The zero-order valence-corrected chi connectivity index (χ0v) is 9.98. The summed E-state index contributed by atoms with van der Waals surface area (Å²) in [6.45, 7) is 4.36. The third-order valence-corrected chi connectivity index (χ3v) is 3.29. The number of aromatic nitrogens is 3. The first-order chi connectivity index (χ1) is 7.77. The molecule has 2 rings (SSSR count). The summed E-state index contributed by atoms with van der Waals surface area (Å²) in [5, 5.41) is 17.1. The largest absolute Gasteiger partial charge is 0.246 e. The van der Waals surface area contributed by atoms with Gasteiger partial charge in [0.05, 0.1) is 29.9 Å². The van der Waals surface area contributed by atoms with Gasteiger partial charge in [0.25, 0.3) is 0 Å². The Hall–Kier alpha value is -1.37.